The summed E-state index contributed by atoms with van der Waals surface area (Å²) in [5.41, 5.74) is 3.96. The van der Waals surface area contributed by atoms with E-state index in [1.807, 2.05) is 84.9 Å². The van der Waals surface area contributed by atoms with Gasteiger partial charge in [-0.15, -0.1) is 0 Å². The molecule has 4 aromatic rings. The first kappa shape index (κ1) is 22.4. The van der Waals surface area contributed by atoms with Crippen molar-refractivity contribution >= 4 is 11.6 Å². The Kier molecular flexibility index (Phi) is 7.03. The number of hydrogen-bond acceptors (Lipinski definition) is 6. The molecule has 0 unspecified atom stereocenters. The third-order valence-corrected chi connectivity index (χ3v) is 5.38. The van der Waals surface area contributed by atoms with Crippen molar-refractivity contribution in [2.45, 2.75) is 13.1 Å². The molecule has 1 aromatic heterocycles. The van der Waals surface area contributed by atoms with E-state index < -0.39 is 0 Å². The second-order valence-electron chi connectivity index (χ2n) is 7.57. The van der Waals surface area contributed by atoms with Gasteiger partial charge in [-0.05, 0) is 28.8 Å². The third kappa shape index (κ3) is 4.98. The molecule has 0 aliphatic heterocycles. The number of nitriles is 2. The standard InChI is InChI=1S/C28H23N5O/c1-34-23-14-8-13-22(15-23)26-24(16-29)27(31-18-20-9-4-2-5-10-20)33-28(25(26)17-30)32-19-21-11-6-3-7-12-21/h2-15H,18-19H2,1H3,(H2,31,32,33). The number of nitrogens with zero attached hydrogens (tertiary/aromatic N) is 3. The maximum absolute atomic E-state index is 10.1. The molecule has 0 saturated carbocycles. The van der Waals surface area contributed by atoms with Crippen molar-refractivity contribution in [3.63, 3.8) is 0 Å². The molecule has 0 radical (unpaired) electrons. The molecule has 0 aliphatic carbocycles. The Hall–Kier alpha value is -4.81. The van der Waals surface area contributed by atoms with Gasteiger partial charge in [0.1, 0.15) is 40.7 Å². The normalized spacial score (nSPS) is 10.1. The van der Waals surface area contributed by atoms with Crippen LogP contribution < -0.4 is 15.4 Å². The van der Waals surface area contributed by atoms with Crippen LogP contribution in [0.3, 0.4) is 0 Å². The molecule has 3 aromatic carbocycles. The predicted octanol–water partition coefficient (Wildman–Crippen LogP) is 5.72. The topological polar surface area (TPSA) is 93.8 Å². The van der Waals surface area contributed by atoms with Crippen molar-refractivity contribution < 1.29 is 4.74 Å². The van der Waals surface area contributed by atoms with Crippen LogP contribution >= 0.6 is 0 Å². The Bertz CT molecular complexity index is 1280. The van der Waals surface area contributed by atoms with Gasteiger partial charge in [-0.3, -0.25) is 0 Å². The molecule has 34 heavy (non-hydrogen) atoms. The average Bonchev–Trinajstić information content (AvgIpc) is 2.91. The van der Waals surface area contributed by atoms with Gasteiger partial charge in [0.25, 0.3) is 0 Å². The van der Waals surface area contributed by atoms with E-state index >= 15 is 0 Å². The van der Waals surface area contributed by atoms with Gasteiger partial charge in [-0.25, -0.2) is 4.98 Å². The van der Waals surface area contributed by atoms with Gasteiger partial charge in [0.15, 0.2) is 0 Å². The van der Waals surface area contributed by atoms with Crippen LogP contribution in [0, 0.1) is 22.7 Å². The first-order chi connectivity index (χ1) is 16.7. The monoisotopic (exact) mass is 445 g/mol. The first-order valence-corrected chi connectivity index (χ1v) is 10.8. The summed E-state index contributed by atoms with van der Waals surface area (Å²) >= 11 is 0. The summed E-state index contributed by atoms with van der Waals surface area (Å²) in [6.07, 6.45) is 0. The predicted molar refractivity (Wildman–Crippen MR) is 133 cm³/mol. The lowest BCUT2D eigenvalue weighted by atomic mass is 9.95. The highest BCUT2D eigenvalue weighted by Crippen LogP contribution is 2.36. The minimum Gasteiger partial charge on any atom is -0.497 e. The quantitative estimate of drug-likeness (QED) is 0.360. The number of hydrogen-bond donors (Lipinski definition) is 2. The Balaban J connectivity index is 1.82. The number of pyridine rings is 1. The molecule has 0 spiro atoms. The van der Waals surface area contributed by atoms with Crippen molar-refractivity contribution in [2.75, 3.05) is 17.7 Å². The van der Waals surface area contributed by atoms with Crippen molar-refractivity contribution in [2.24, 2.45) is 0 Å². The molecular formula is C28H23N5O. The lowest BCUT2D eigenvalue weighted by molar-refractivity contribution is 0.415. The minimum absolute atomic E-state index is 0.311. The second-order valence-corrected chi connectivity index (χ2v) is 7.57. The number of anilines is 2. The molecule has 6 nitrogen and oxygen atoms in total. The van der Waals surface area contributed by atoms with E-state index in [2.05, 4.69) is 27.8 Å². The van der Waals surface area contributed by atoms with Gasteiger partial charge in [0, 0.05) is 18.7 Å². The molecule has 6 heteroatoms. The molecule has 0 amide bonds. The molecule has 0 saturated heterocycles. The maximum Gasteiger partial charge on any atom is 0.147 e. The van der Waals surface area contributed by atoms with E-state index in [4.69, 9.17) is 4.74 Å². The fourth-order valence-corrected chi connectivity index (χ4v) is 3.69. The SMILES string of the molecule is COc1cccc(-c2c(C#N)c(NCc3ccccc3)nc(NCc3ccccc3)c2C#N)c1. The third-order valence-electron chi connectivity index (χ3n) is 5.38. The highest BCUT2D eigenvalue weighted by molar-refractivity contribution is 5.86. The van der Waals surface area contributed by atoms with Crippen LogP contribution in [0.2, 0.25) is 0 Å². The number of methoxy groups -OCH3 is 1. The van der Waals surface area contributed by atoms with Crippen LogP contribution in [-0.2, 0) is 13.1 Å². The summed E-state index contributed by atoms with van der Waals surface area (Å²) in [6, 6.07) is 31.6. The molecule has 0 bridgehead atoms. The number of aromatic nitrogens is 1. The van der Waals surface area contributed by atoms with E-state index in [1.165, 1.54) is 0 Å². The largest absolute Gasteiger partial charge is 0.497 e. The Labute approximate surface area is 199 Å². The minimum atomic E-state index is 0.311. The lowest BCUT2D eigenvalue weighted by Gasteiger charge is -2.17. The van der Waals surface area contributed by atoms with Crippen LogP contribution in [0.4, 0.5) is 11.6 Å². The van der Waals surface area contributed by atoms with Crippen LogP contribution in [0.15, 0.2) is 84.9 Å². The van der Waals surface area contributed by atoms with Crippen LogP contribution in [0.25, 0.3) is 11.1 Å². The summed E-state index contributed by atoms with van der Waals surface area (Å²) in [4.78, 5) is 4.67. The molecule has 0 aliphatic rings. The lowest BCUT2D eigenvalue weighted by Crippen LogP contribution is -2.11. The summed E-state index contributed by atoms with van der Waals surface area (Å²) in [5, 5.41) is 26.8. The smallest absolute Gasteiger partial charge is 0.147 e. The van der Waals surface area contributed by atoms with Gasteiger partial charge < -0.3 is 15.4 Å². The zero-order valence-electron chi connectivity index (χ0n) is 18.7. The zero-order chi connectivity index (χ0) is 23.8. The molecule has 2 N–H and O–H groups in total. The van der Waals surface area contributed by atoms with Gasteiger partial charge in [0.2, 0.25) is 0 Å². The molecular weight excluding hydrogens is 422 g/mol. The van der Waals surface area contributed by atoms with E-state index in [0.717, 1.165) is 11.1 Å². The van der Waals surface area contributed by atoms with Crippen molar-refractivity contribution in [3.05, 3.63) is 107 Å². The number of ether oxygens (including phenoxy) is 1. The van der Waals surface area contributed by atoms with Gasteiger partial charge in [0.05, 0.1) is 7.11 Å². The maximum atomic E-state index is 10.1. The van der Waals surface area contributed by atoms with Crippen molar-refractivity contribution in [3.8, 4) is 29.0 Å². The van der Waals surface area contributed by atoms with Crippen molar-refractivity contribution in [1.29, 1.82) is 10.5 Å². The Morgan fingerprint density at radius 2 is 1.26 bits per heavy atom. The highest BCUT2D eigenvalue weighted by atomic mass is 16.5. The molecule has 4 rings (SSSR count). The summed E-state index contributed by atoms with van der Waals surface area (Å²) in [6.45, 7) is 0.980. The molecule has 1 heterocycles. The van der Waals surface area contributed by atoms with E-state index in [1.54, 1.807) is 7.11 Å². The first-order valence-electron chi connectivity index (χ1n) is 10.8. The van der Waals surface area contributed by atoms with Gasteiger partial charge in [-0.1, -0.05) is 72.8 Å². The number of rotatable bonds is 8. The second kappa shape index (κ2) is 10.7. The van der Waals surface area contributed by atoms with Crippen molar-refractivity contribution in [1.82, 2.24) is 4.98 Å². The van der Waals surface area contributed by atoms with Gasteiger partial charge in [-0.2, -0.15) is 10.5 Å². The Morgan fingerprint density at radius 1 is 0.735 bits per heavy atom. The van der Waals surface area contributed by atoms with E-state index in [0.29, 0.717) is 52.7 Å². The van der Waals surface area contributed by atoms with Crippen LogP contribution in [0.1, 0.15) is 22.3 Å². The Morgan fingerprint density at radius 3 is 1.74 bits per heavy atom. The molecule has 166 valence electrons. The van der Waals surface area contributed by atoms with Crippen LogP contribution in [0.5, 0.6) is 5.75 Å². The fourth-order valence-electron chi connectivity index (χ4n) is 3.69. The van der Waals surface area contributed by atoms with Crippen LogP contribution in [-0.4, -0.2) is 12.1 Å². The summed E-state index contributed by atoms with van der Waals surface area (Å²) in [7, 11) is 1.59. The highest BCUT2D eigenvalue weighted by Gasteiger charge is 2.22. The fraction of sp³-hybridized carbons (Fsp3) is 0.107. The molecule has 0 fully saturated rings. The molecule has 0 atom stereocenters. The number of benzene rings is 3. The van der Waals surface area contributed by atoms with E-state index in [-0.39, 0.29) is 0 Å². The summed E-state index contributed by atoms with van der Waals surface area (Å²) in [5.74, 6) is 1.47. The summed E-state index contributed by atoms with van der Waals surface area (Å²) < 4.78 is 5.38. The number of nitrogens with one attached hydrogen (secondary N) is 2. The average molecular weight is 446 g/mol. The van der Waals surface area contributed by atoms with Gasteiger partial charge >= 0.3 is 0 Å². The van der Waals surface area contributed by atoms with E-state index in [9.17, 15) is 10.5 Å². The zero-order valence-corrected chi connectivity index (χ0v) is 18.7.